The first-order valence-corrected chi connectivity index (χ1v) is 4.25. The van der Waals surface area contributed by atoms with Crippen LogP contribution < -0.4 is 0 Å². The van der Waals surface area contributed by atoms with Crippen LogP contribution in [0.3, 0.4) is 0 Å². The van der Waals surface area contributed by atoms with Crippen molar-refractivity contribution in [3.63, 3.8) is 0 Å². The smallest absolute Gasteiger partial charge is 0.142 e. The maximum Gasteiger partial charge on any atom is 0.142 e. The van der Waals surface area contributed by atoms with Gasteiger partial charge in [0.2, 0.25) is 0 Å². The molecule has 0 radical (unpaired) electrons. The molecule has 0 unspecified atom stereocenters. The van der Waals surface area contributed by atoms with Crippen molar-refractivity contribution in [2.24, 2.45) is 5.41 Å². The first kappa shape index (κ1) is 8.51. The molecule has 1 aliphatic rings. The second-order valence-electron chi connectivity index (χ2n) is 3.83. The van der Waals surface area contributed by atoms with Crippen molar-refractivity contribution < 1.29 is 4.79 Å². The summed E-state index contributed by atoms with van der Waals surface area (Å²) in [4.78, 5) is 11.5. The van der Waals surface area contributed by atoms with Gasteiger partial charge in [-0.25, -0.2) is 0 Å². The van der Waals surface area contributed by atoms with E-state index in [0.29, 0.717) is 5.78 Å². The van der Waals surface area contributed by atoms with Crippen molar-refractivity contribution in [1.82, 2.24) is 0 Å². The zero-order chi connectivity index (χ0) is 8.48. The topological polar surface area (TPSA) is 17.1 Å². The Bertz CT molecular complexity index is 199. The molecule has 0 N–H and O–H groups in total. The number of rotatable bonds is 0. The van der Waals surface area contributed by atoms with Gasteiger partial charge in [-0.15, -0.1) is 0 Å². The lowest BCUT2D eigenvalue weighted by Crippen LogP contribution is -2.23. The minimum atomic E-state index is -0.198. The van der Waals surface area contributed by atoms with Crippen LogP contribution in [0.5, 0.6) is 0 Å². The molecule has 0 aromatic heterocycles. The van der Waals surface area contributed by atoms with Crippen LogP contribution in [0, 0.1) is 5.41 Å². The highest BCUT2D eigenvalue weighted by Gasteiger charge is 2.29. The normalized spacial score (nSPS) is 24.3. The van der Waals surface area contributed by atoms with Crippen LogP contribution in [-0.4, -0.2) is 5.78 Å². The Balaban J connectivity index is 2.92. The van der Waals surface area contributed by atoms with Gasteiger partial charge in [0, 0.05) is 11.8 Å². The lowest BCUT2D eigenvalue weighted by Gasteiger charge is -2.22. The molecule has 0 saturated heterocycles. The van der Waals surface area contributed by atoms with E-state index in [4.69, 9.17) is 0 Å². The van der Waals surface area contributed by atoms with E-state index >= 15 is 0 Å². The summed E-state index contributed by atoms with van der Waals surface area (Å²) in [5.74, 6) is 0.392. The Labute approximate surface area is 68.5 Å². The Kier molecular flexibility index (Phi) is 2.17. The number of Topliss-reactive ketones (excluding diaryl/α,β-unsaturated/α-hetero) is 1. The van der Waals surface area contributed by atoms with Gasteiger partial charge >= 0.3 is 0 Å². The van der Waals surface area contributed by atoms with Crippen LogP contribution in [-0.2, 0) is 4.79 Å². The SMILES string of the molecule is CC1=CCCCC(=O)C1(C)C. The molecule has 0 heterocycles. The predicted molar refractivity (Wildman–Crippen MR) is 46.4 cm³/mol. The first-order valence-electron chi connectivity index (χ1n) is 4.25. The first-order chi connectivity index (χ1) is 5.05. The van der Waals surface area contributed by atoms with Crippen LogP contribution in [0.2, 0.25) is 0 Å². The number of hydrogen-bond donors (Lipinski definition) is 0. The van der Waals surface area contributed by atoms with Gasteiger partial charge in [0.1, 0.15) is 5.78 Å². The highest BCUT2D eigenvalue weighted by molar-refractivity contribution is 5.87. The third kappa shape index (κ3) is 1.52. The van der Waals surface area contributed by atoms with Crippen LogP contribution in [0.25, 0.3) is 0 Å². The van der Waals surface area contributed by atoms with E-state index in [-0.39, 0.29) is 5.41 Å². The molecular weight excluding hydrogens is 136 g/mol. The molecule has 1 nitrogen and oxygen atoms in total. The lowest BCUT2D eigenvalue weighted by molar-refractivity contribution is -0.125. The largest absolute Gasteiger partial charge is 0.299 e. The highest BCUT2D eigenvalue weighted by Crippen LogP contribution is 2.31. The summed E-state index contributed by atoms with van der Waals surface area (Å²) < 4.78 is 0. The number of carbonyl (C=O) groups is 1. The molecule has 1 heteroatoms. The molecule has 0 amide bonds. The van der Waals surface area contributed by atoms with E-state index in [1.54, 1.807) is 0 Å². The maximum atomic E-state index is 11.5. The molecule has 0 saturated carbocycles. The molecule has 0 aromatic carbocycles. The summed E-state index contributed by atoms with van der Waals surface area (Å²) in [6.45, 7) is 6.10. The van der Waals surface area contributed by atoms with Gasteiger partial charge in [0.15, 0.2) is 0 Å². The molecule has 0 spiro atoms. The molecule has 0 bridgehead atoms. The van der Waals surface area contributed by atoms with Gasteiger partial charge in [0.25, 0.3) is 0 Å². The fourth-order valence-corrected chi connectivity index (χ4v) is 1.37. The molecule has 0 fully saturated rings. The molecule has 11 heavy (non-hydrogen) atoms. The summed E-state index contributed by atoms with van der Waals surface area (Å²) in [7, 11) is 0. The summed E-state index contributed by atoms with van der Waals surface area (Å²) in [6.07, 6.45) is 5.05. The number of hydrogen-bond acceptors (Lipinski definition) is 1. The third-order valence-corrected chi connectivity index (χ3v) is 2.74. The van der Waals surface area contributed by atoms with Gasteiger partial charge in [-0.05, 0) is 33.6 Å². The van der Waals surface area contributed by atoms with E-state index in [0.717, 1.165) is 19.3 Å². The van der Waals surface area contributed by atoms with Crippen molar-refractivity contribution in [3.05, 3.63) is 11.6 Å². The van der Waals surface area contributed by atoms with Gasteiger partial charge < -0.3 is 0 Å². The quantitative estimate of drug-likeness (QED) is 0.488. The van der Waals surface area contributed by atoms with Crippen molar-refractivity contribution >= 4 is 5.78 Å². The number of carbonyl (C=O) groups excluding carboxylic acids is 1. The minimum Gasteiger partial charge on any atom is -0.299 e. The van der Waals surface area contributed by atoms with Crippen molar-refractivity contribution in [2.75, 3.05) is 0 Å². The van der Waals surface area contributed by atoms with Crippen LogP contribution >= 0.6 is 0 Å². The standard InChI is InChI=1S/C10H16O/c1-8-6-4-5-7-9(11)10(8,2)3/h6H,4-5,7H2,1-3H3. The van der Waals surface area contributed by atoms with Gasteiger partial charge in [-0.2, -0.15) is 0 Å². The molecule has 62 valence electrons. The Morgan fingerprint density at radius 3 is 2.73 bits per heavy atom. The second-order valence-corrected chi connectivity index (χ2v) is 3.83. The Morgan fingerprint density at radius 2 is 2.09 bits per heavy atom. The van der Waals surface area contributed by atoms with Crippen LogP contribution in [0.15, 0.2) is 11.6 Å². The van der Waals surface area contributed by atoms with E-state index in [9.17, 15) is 4.79 Å². The van der Waals surface area contributed by atoms with E-state index < -0.39 is 0 Å². The average Bonchev–Trinajstić information content (AvgIpc) is 2.03. The predicted octanol–water partition coefficient (Wildman–Crippen LogP) is 2.71. The number of allylic oxidation sites excluding steroid dienone is 2. The molecular formula is C10H16O. The van der Waals surface area contributed by atoms with Gasteiger partial charge in [-0.3, -0.25) is 4.79 Å². The fourth-order valence-electron chi connectivity index (χ4n) is 1.37. The molecule has 0 atom stereocenters. The zero-order valence-electron chi connectivity index (χ0n) is 7.61. The molecule has 1 aliphatic carbocycles. The summed E-state index contributed by atoms with van der Waals surface area (Å²) in [6, 6.07) is 0. The lowest BCUT2D eigenvalue weighted by atomic mass is 9.81. The summed E-state index contributed by atoms with van der Waals surface area (Å²) >= 11 is 0. The van der Waals surface area contributed by atoms with Gasteiger partial charge in [0.05, 0.1) is 0 Å². The maximum absolute atomic E-state index is 11.5. The average molecular weight is 152 g/mol. The van der Waals surface area contributed by atoms with E-state index in [1.807, 2.05) is 13.8 Å². The van der Waals surface area contributed by atoms with E-state index in [2.05, 4.69) is 13.0 Å². The van der Waals surface area contributed by atoms with Crippen molar-refractivity contribution in [1.29, 1.82) is 0 Å². The molecule has 1 rings (SSSR count). The zero-order valence-corrected chi connectivity index (χ0v) is 7.61. The second kappa shape index (κ2) is 2.80. The summed E-state index contributed by atoms with van der Waals surface area (Å²) in [5, 5.41) is 0. The Morgan fingerprint density at radius 1 is 1.45 bits per heavy atom. The fraction of sp³-hybridized carbons (Fsp3) is 0.700. The third-order valence-electron chi connectivity index (χ3n) is 2.74. The number of ketones is 1. The van der Waals surface area contributed by atoms with Crippen molar-refractivity contribution in [2.45, 2.75) is 40.0 Å². The van der Waals surface area contributed by atoms with Gasteiger partial charge in [-0.1, -0.05) is 11.6 Å². The van der Waals surface area contributed by atoms with Crippen LogP contribution in [0.4, 0.5) is 0 Å². The monoisotopic (exact) mass is 152 g/mol. The molecule has 0 aliphatic heterocycles. The van der Waals surface area contributed by atoms with Crippen molar-refractivity contribution in [3.8, 4) is 0 Å². The highest BCUT2D eigenvalue weighted by atomic mass is 16.1. The molecule has 0 aromatic rings. The van der Waals surface area contributed by atoms with Crippen LogP contribution in [0.1, 0.15) is 40.0 Å². The minimum absolute atomic E-state index is 0.198. The Hall–Kier alpha value is -0.590. The van der Waals surface area contributed by atoms with E-state index in [1.165, 1.54) is 5.57 Å². The summed E-state index contributed by atoms with van der Waals surface area (Å²) in [5.41, 5.74) is 1.04.